The lowest BCUT2D eigenvalue weighted by molar-refractivity contribution is 1.67. The molecule has 2 heteroatoms. The van der Waals surface area contributed by atoms with Gasteiger partial charge in [-0.1, -0.05) is 127 Å². The van der Waals surface area contributed by atoms with E-state index in [1.54, 1.807) is 0 Å². The summed E-state index contributed by atoms with van der Waals surface area (Å²) in [6.45, 7) is 0. The second-order valence-corrected chi connectivity index (χ2v) is 15.4. The predicted molar refractivity (Wildman–Crippen MR) is 221 cm³/mol. The van der Waals surface area contributed by atoms with E-state index in [0.29, 0.717) is 0 Å². The predicted octanol–water partition coefficient (Wildman–Crippen LogP) is 14.9. The van der Waals surface area contributed by atoms with Gasteiger partial charge in [-0.25, -0.2) is 0 Å². The first-order valence-electron chi connectivity index (χ1n) is 17.1. The third-order valence-corrected chi connectivity index (χ3v) is 12.8. The summed E-state index contributed by atoms with van der Waals surface area (Å²) in [5.41, 5.74) is 7.59. The molecule has 0 aliphatic rings. The Hall–Kier alpha value is -5.80. The Balaban J connectivity index is 1.27. The van der Waals surface area contributed by atoms with Gasteiger partial charge in [0.2, 0.25) is 0 Å². The lowest BCUT2D eigenvalue weighted by Crippen LogP contribution is -1.92. The van der Waals surface area contributed by atoms with Crippen LogP contribution in [0.3, 0.4) is 0 Å². The van der Waals surface area contributed by atoms with Gasteiger partial charge in [0, 0.05) is 40.3 Å². The van der Waals surface area contributed by atoms with Gasteiger partial charge in [-0.15, -0.1) is 22.7 Å². The quantitative estimate of drug-likeness (QED) is 0.164. The van der Waals surface area contributed by atoms with Crippen LogP contribution in [0.25, 0.3) is 106 Å². The molecule has 11 aromatic rings. The van der Waals surface area contributed by atoms with E-state index >= 15 is 0 Å². The van der Waals surface area contributed by atoms with Gasteiger partial charge in [0.15, 0.2) is 0 Å². The number of hydrogen-bond donors (Lipinski definition) is 0. The van der Waals surface area contributed by atoms with Gasteiger partial charge >= 0.3 is 0 Å². The molecule has 9 aromatic carbocycles. The Morgan fingerprint density at radius 2 is 0.700 bits per heavy atom. The van der Waals surface area contributed by atoms with Gasteiger partial charge in [-0.2, -0.15) is 0 Å². The first-order valence-corrected chi connectivity index (χ1v) is 18.7. The first kappa shape index (κ1) is 28.1. The highest BCUT2D eigenvalue weighted by molar-refractivity contribution is 7.26. The zero-order valence-electron chi connectivity index (χ0n) is 27.0. The van der Waals surface area contributed by atoms with Crippen molar-refractivity contribution in [3.05, 3.63) is 170 Å². The van der Waals surface area contributed by atoms with Crippen molar-refractivity contribution in [3.63, 3.8) is 0 Å². The van der Waals surface area contributed by atoms with E-state index in [1.165, 1.54) is 106 Å². The largest absolute Gasteiger partial charge is 0.135 e. The summed E-state index contributed by atoms with van der Waals surface area (Å²) in [4.78, 5) is 0. The molecule has 232 valence electrons. The van der Waals surface area contributed by atoms with Crippen molar-refractivity contribution >= 4 is 95.3 Å². The fourth-order valence-electron chi connectivity index (χ4n) is 8.21. The molecule has 0 N–H and O–H groups in total. The average molecular weight is 669 g/mol. The van der Waals surface area contributed by atoms with Crippen molar-refractivity contribution in [2.75, 3.05) is 0 Å². The molecule has 0 bridgehead atoms. The molecule has 2 aromatic heterocycles. The van der Waals surface area contributed by atoms with Crippen LogP contribution < -0.4 is 0 Å². The highest BCUT2D eigenvalue weighted by Crippen LogP contribution is 2.48. The lowest BCUT2D eigenvalue weighted by Gasteiger charge is -2.19. The van der Waals surface area contributed by atoms with Crippen LogP contribution in [0.4, 0.5) is 0 Å². The zero-order chi connectivity index (χ0) is 32.8. The molecule has 0 atom stereocenters. The second kappa shape index (κ2) is 10.9. The molecule has 2 heterocycles. The van der Waals surface area contributed by atoms with Crippen LogP contribution in [0, 0.1) is 0 Å². The van der Waals surface area contributed by atoms with Crippen molar-refractivity contribution in [1.82, 2.24) is 0 Å². The average Bonchev–Trinajstić information content (AvgIpc) is 3.74. The lowest BCUT2D eigenvalue weighted by atomic mass is 9.84. The molecular formula is C48H28S2. The molecule has 0 aliphatic carbocycles. The van der Waals surface area contributed by atoms with Gasteiger partial charge in [-0.3, -0.25) is 0 Å². The molecule has 0 saturated heterocycles. The fraction of sp³-hybridized carbons (Fsp3) is 0. The highest BCUT2D eigenvalue weighted by Gasteiger charge is 2.19. The normalized spacial score (nSPS) is 12.0. The Labute approximate surface area is 297 Å². The monoisotopic (exact) mass is 668 g/mol. The zero-order valence-corrected chi connectivity index (χ0v) is 28.6. The third kappa shape index (κ3) is 4.16. The smallest absolute Gasteiger partial charge is 0.0355 e. The van der Waals surface area contributed by atoms with Crippen LogP contribution in [0.2, 0.25) is 0 Å². The number of fused-ring (bicyclic) bond motifs is 9. The van der Waals surface area contributed by atoms with E-state index < -0.39 is 0 Å². The molecule has 0 spiro atoms. The van der Waals surface area contributed by atoms with Crippen LogP contribution in [-0.2, 0) is 0 Å². The minimum Gasteiger partial charge on any atom is -0.135 e. The minimum absolute atomic E-state index is 1.23. The van der Waals surface area contributed by atoms with Gasteiger partial charge < -0.3 is 0 Å². The van der Waals surface area contributed by atoms with Crippen molar-refractivity contribution < 1.29 is 0 Å². The van der Waals surface area contributed by atoms with E-state index in [1.807, 2.05) is 22.7 Å². The van der Waals surface area contributed by atoms with Crippen LogP contribution in [-0.4, -0.2) is 0 Å². The first-order chi connectivity index (χ1) is 24.8. The second-order valence-electron chi connectivity index (χ2n) is 13.2. The van der Waals surface area contributed by atoms with E-state index in [2.05, 4.69) is 170 Å². The molecule has 0 unspecified atom stereocenters. The Morgan fingerprint density at radius 1 is 0.260 bits per heavy atom. The van der Waals surface area contributed by atoms with Crippen LogP contribution in [0.5, 0.6) is 0 Å². The van der Waals surface area contributed by atoms with E-state index in [0.717, 1.165) is 0 Å². The van der Waals surface area contributed by atoms with Crippen LogP contribution >= 0.6 is 22.7 Å². The van der Waals surface area contributed by atoms with Crippen LogP contribution in [0.15, 0.2) is 170 Å². The van der Waals surface area contributed by atoms with Crippen molar-refractivity contribution in [3.8, 4) is 33.4 Å². The maximum Gasteiger partial charge on any atom is 0.0355 e. The minimum atomic E-state index is 1.23. The van der Waals surface area contributed by atoms with Gasteiger partial charge in [-0.05, 0) is 108 Å². The summed E-state index contributed by atoms with van der Waals surface area (Å²) in [6, 6.07) is 63.4. The molecule has 0 fully saturated rings. The summed E-state index contributed by atoms with van der Waals surface area (Å²) in [5, 5.41) is 12.9. The number of benzene rings is 9. The molecule has 0 amide bonds. The highest BCUT2D eigenvalue weighted by atomic mass is 32.1. The van der Waals surface area contributed by atoms with Crippen molar-refractivity contribution in [2.24, 2.45) is 0 Å². The van der Waals surface area contributed by atoms with Gasteiger partial charge in [0.05, 0.1) is 0 Å². The summed E-state index contributed by atoms with van der Waals surface area (Å²) < 4.78 is 5.32. The molecule has 11 rings (SSSR count). The number of rotatable bonds is 3. The molecule has 50 heavy (non-hydrogen) atoms. The number of thiophene rings is 2. The summed E-state index contributed by atoms with van der Waals surface area (Å²) in [7, 11) is 0. The summed E-state index contributed by atoms with van der Waals surface area (Å²) >= 11 is 3.75. The Morgan fingerprint density at radius 3 is 1.34 bits per heavy atom. The van der Waals surface area contributed by atoms with Crippen molar-refractivity contribution in [2.45, 2.75) is 0 Å². The van der Waals surface area contributed by atoms with E-state index in [9.17, 15) is 0 Å². The van der Waals surface area contributed by atoms with Gasteiger partial charge in [0.1, 0.15) is 0 Å². The molecule has 0 saturated carbocycles. The number of hydrogen-bond acceptors (Lipinski definition) is 2. The molecule has 0 aliphatic heterocycles. The maximum atomic E-state index is 2.46. The fourth-order valence-corrected chi connectivity index (χ4v) is 10.4. The SMILES string of the molecule is c1ccc2c(-c3ccc4c(-c5ccc6sc7ccccc7c6c5)c5ccccc5c(-c5ccc6sc7ccccc7c6c5)c4c3)cccc2c1. The molecular weight excluding hydrogens is 641 g/mol. The topological polar surface area (TPSA) is 0 Å². The third-order valence-electron chi connectivity index (χ3n) is 10.5. The van der Waals surface area contributed by atoms with E-state index in [4.69, 9.17) is 0 Å². The Bertz CT molecular complexity index is 3150. The van der Waals surface area contributed by atoms with Crippen LogP contribution in [0.1, 0.15) is 0 Å². The Kier molecular flexibility index (Phi) is 6.09. The summed E-state index contributed by atoms with van der Waals surface area (Å²) in [6.07, 6.45) is 0. The van der Waals surface area contributed by atoms with E-state index in [-0.39, 0.29) is 0 Å². The molecule has 0 radical (unpaired) electrons. The summed E-state index contributed by atoms with van der Waals surface area (Å²) in [5.74, 6) is 0. The maximum absolute atomic E-state index is 2.46. The van der Waals surface area contributed by atoms with Crippen molar-refractivity contribution in [1.29, 1.82) is 0 Å². The molecule has 0 nitrogen and oxygen atoms in total. The van der Waals surface area contributed by atoms with Gasteiger partial charge in [0.25, 0.3) is 0 Å². The standard InChI is InChI=1S/C48H28S2/c1-2-12-33-29(10-1)11-9-17-34(33)30-20-23-39-42(26-30)48(32-22-25-46-41(28-32)36-14-6-8-19-44(36)50-46)38-16-4-3-15-37(38)47(39)31-21-24-45-40(27-31)35-13-5-7-18-43(35)49-45/h1-28H.